The number of hydrogen-bond donors (Lipinski definition) is 0. The zero-order chi connectivity index (χ0) is 25.5. The van der Waals surface area contributed by atoms with Gasteiger partial charge in [-0.25, -0.2) is 0 Å². The van der Waals surface area contributed by atoms with Crippen molar-refractivity contribution in [2.45, 2.75) is 162 Å². The van der Waals surface area contributed by atoms with Crippen LogP contribution >= 0.6 is 0 Å². The van der Waals surface area contributed by atoms with E-state index in [2.05, 4.69) is 26.8 Å². The Morgan fingerprint density at radius 3 is 1.54 bits per heavy atom. The van der Waals surface area contributed by atoms with Crippen LogP contribution in [0.15, 0.2) is 12.3 Å². The SMILES string of the molecule is CCCCCCCCOC(CCCCC=COCOCCCCCCC)OCCCCCCCC. The summed E-state index contributed by atoms with van der Waals surface area (Å²) in [5.41, 5.74) is 0. The number of hydrogen-bond acceptors (Lipinski definition) is 4. The highest BCUT2D eigenvalue weighted by Crippen LogP contribution is 2.13. The van der Waals surface area contributed by atoms with Crippen LogP contribution in [0.3, 0.4) is 0 Å². The molecule has 4 heteroatoms. The standard InChI is InChI=1S/C31H62O4/c1-4-7-10-13-17-23-28-34-31(35-29-24-18-14-11-8-5-2)25-20-15-19-22-27-33-30-32-26-21-16-12-9-6-3/h22,27,31H,4-21,23-26,28-30H2,1-3H3. The molecule has 0 unspecified atom stereocenters. The highest BCUT2D eigenvalue weighted by atomic mass is 16.7. The van der Waals surface area contributed by atoms with Crippen molar-refractivity contribution in [3.63, 3.8) is 0 Å². The zero-order valence-corrected chi connectivity index (χ0v) is 24.0. The van der Waals surface area contributed by atoms with E-state index in [1.165, 1.54) is 89.9 Å². The Labute approximate surface area is 219 Å². The fraction of sp³-hybridized carbons (Fsp3) is 0.935. The normalized spacial score (nSPS) is 11.8. The van der Waals surface area contributed by atoms with Gasteiger partial charge in [0.25, 0.3) is 0 Å². The van der Waals surface area contributed by atoms with Crippen LogP contribution < -0.4 is 0 Å². The van der Waals surface area contributed by atoms with Crippen molar-refractivity contribution < 1.29 is 18.9 Å². The van der Waals surface area contributed by atoms with Gasteiger partial charge in [0.05, 0.1) is 12.9 Å². The van der Waals surface area contributed by atoms with Crippen LogP contribution in [0.5, 0.6) is 0 Å². The molecule has 0 aliphatic rings. The molecule has 0 aliphatic carbocycles. The number of rotatable bonds is 30. The second-order valence-electron chi connectivity index (χ2n) is 9.97. The summed E-state index contributed by atoms with van der Waals surface area (Å²) in [6.07, 6.45) is 30.0. The molecule has 0 rings (SSSR count). The molecule has 0 aromatic heterocycles. The zero-order valence-electron chi connectivity index (χ0n) is 24.0. The lowest BCUT2D eigenvalue weighted by Gasteiger charge is -2.19. The van der Waals surface area contributed by atoms with E-state index in [-0.39, 0.29) is 6.29 Å². The van der Waals surface area contributed by atoms with E-state index in [0.29, 0.717) is 6.79 Å². The van der Waals surface area contributed by atoms with Gasteiger partial charge in [0.2, 0.25) is 0 Å². The summed E-state index contributed by atoms with van der Waals surface area (Å²) >= 11 is 0. The minimum Gasteiger partial charge on any atom is -0.475 e. The molecule has 0 aliphatic heterocycles. The predicted octanol–water partition coefficient (Wildman–Crippen LogP) is 10.1. The Bertz CT molecular complexity index is 381. The first-order valence-corrected chi connectivity index (χ1v) is 15.4. The molecule has 0 spiro atoms. The van der Waals surface area contributed by atoms with Crippen molar-refractivity contribution >= 4 is 0 Å². The van der Waals surface area contributed by atoms with E-state index in [1.807, 2.05) is 0 Å². The second kappa shape index (κ2) is 31.4. The van der Waals surface area contributed by atoms with Crippen LogP contribution in [0.4, 0.5) is 0 Å². The molecule has 35 heavy (non-hydrogen) atoms. The molecule has 0 N–H and O–H groups in total. The minimum atomic E-state index is -0.0350. The third-order valence-electron chi connectivity index (χ3n) is 6.40. The van der Waals surface area contributed by atoms with E-state index in [4.69, 9.17) is 18.9 Å². The van der Waals surface area contributed by atoms with Crippen molar-refractivity contribution in [3.8, 4) is 0 Å². The number of ether oxygens (including phenoxy) is 4. The molecular formula is C31H62O4. The molecule has 0 aromatic carbocycles. The van der Waals surface area contributed by atoms with Gasteiger partial charge in [-0.15, -0.1) is 0 Å². The van der Waals surface area contributed by atoms with Crippen LogP contribution in [-0.4, -0.2) is 32.9 Å². The van der Waals surface area contributed by atoms with E-state index in [1.54, 1.807) is 6.26 Å². The summed E-state index contributed by atoms with van der Waals surface area (Å²) in [4.78, 5) is 0. The van der Waals surface area contributed by atoms with Crippen LogP contribution in [0.25, 0.3) is 0 Å². The smallest absolute Gasteiger partial charge is 0.188 e. The van der Waals surface area contributed by atoms with Gasteiger partial charge in [-0.05, 0) is 51.0 Å². The molecule has 0 saturated heterocycles. The quantitative estimate of drug-likeness (QED) is 0.0560. The Morgan fingerprint density at radius 1 is 0.514 bits per heavy atom. The highest BCUT2D eigenvalue weighted by Gasteiger charge is 2.09. The molecule has 0 atom stereocenters. The largest absolute Gasteiger partial charge is 0.475 e. The second-order valence-corrected chi connectivity index (χ2v) is 9.97. The first-order chi connectivity index (χ1) is 17.3. The van der Waals surface area contributed by atoms with Gasteiger partial charge >= 0.3 is 0 Å². The first-order valence-electron chi connectivity index (χ1n) is 15.4. The molecule has 0 heterocycles. The summed E-state index contributed by atoms with van der Waals surface area (Å²) in [5, 5.41) is 0. The van der Waals surface area contributed by atoms with E-state index in [0.717, 1.165) is 64.8 Å². The Balaban J connectivity index is 3.82. The Hall–Kier alpha value is -0.580. The van der Waals surface area contributed by atoms with Crippen molar-refractivity contribution in [2.75, 3.05) is 26.6 Å². The molecule has 4 nitrogen and oxygen atoms in total. The third-order valence-corrected chi connectivity index (χ3v) is 6.40. The highest BCUT2D eigenvalue weighted by molar-refractivity contribution is 4.72. The predicted molar refractivity (Wildman–Crippen MR) is 151 cm³/mol. The van der Waals surface area contributed by atoms with Gasteiger partial charge in [-0.2, -0.15) is 0 Å². The van der Waals surface area contributed by atoms with Gasteiger partial charge in [-0.3, -0.25) is 0 Å². The number of allylic oxidation sites excluding steroid dienone is 1. The maximum Gasteiger partial charge on any atom is 0.188 e. The van der Waals surface area contributed by atoms with Crippen molar-refractivity contribution in [1.82, 2.24) is 0 Å². The van der Waals surface area contributed by atoms with Gasteiger partial charge < -0.3 is 18.9 Å². The van der Waals surface area contributed by atoms with Gasteiger partial charge in [-0.1, -0.05) is 111 Å². The van der Waals surface area contributed by atoms with Gasteiger partial charge in [0, 0.05) is 13.2 Å². The molecule has 210 valence electrons. The summed E-state index contributed by atoms with van der Waals surface area (Å²) in [5.74, 6) is 0. The maximum atomic E-state index is 6.13. The average molecular weight is 499 g/mol. The summed E-state index contributed by atoms with van der Waals surface area (Å²) in [7, 11) is 0. The fourth-order valence-electron chi connectivity index (χ4n) is 4.07. The molecule has 0 radical (unpaired) electrons. The minimum absolute atomic E-state index is 0.0350. The molecule has 0 saturated carbocycles. The van der Waals surface area contributed by atoms with Gasteiger partial charge in [0.1, 0.15) is 0 Å². The van der Waals surface area contributed by atoms with Crippen molar-refractivity contribution in [3.05, 3.63) is 12.3 Å². The average Bonchev–Trinajstić information content (AvgIpc) is 2.87. The Kier molecular flexibility index (Phi) is 30.9. The summed E-state index contributed by atoms with van der Waals surface area (Å²) < 4.78 is 23.2. The maximum absolute atomic E-state index is 6.13. The molecule has 0 bridgehead atoms. The lowest BCUT2D eigenvalue weighted by atomic mass is 10.1. The van der Waals surface area contributed by atoms with Crippen LogP contribution in [0, 0.1) is 0 Å². The van der Waals surface area contributed by atoms with E-state index >= 15 is 0 Å². The van der Waals surface area contributed by atoms with Crippen molar-refractivity contribution in [1.29, 1.82) is 0 Å². The topological polar surface area (TPSA) is 36.9 Å². The molecule has 0 amide bonds. The first kappa shape index (κ1) is 34.4. The molecule has 0 fully saturated rings. The number of unbranched alkanes of at least 4 members (excludes halogenated alkanes) is 16. The Morgan fingerprint density at radius 2 is 1.00 bits per heavy atom. The molecular weight excluding hydrogens is 436 g/mol. The molecule has 0 aromatic rings. The van der Waals surface area contributed by atoms with Crippen molar-refractivity contribution in [2.24, 2.45) is 0 Å². The van der Waals surface area contributed by atoms with E-state index < -0.39 is 0 Å². The fourth-order valence-corrected chi connectivity index (χ4v) is 4.07. The summed E-state index contributed by atoms with van der Waals surface area (Å²) in [6, 6.07) is 0. The van der Waals surface area contributed by atoms with Crippen LogP contribution in [0.1, 0.15) is 156 Å². The third kappa shape index (κ3) is 29.5. The van der Waals surface area contributed by atoms with Gasteiger partial charge in [0.15, 0.2) is 13.1 Å². The van der Waals surface area contributed by atoms with Crippen LogP contribution in [-0.2, 0) is 18.9 Å². The lowest BCUT2D eigenvalue weighted by molar-refractivity contribution is -0.148. The van der Waals surface area contributed by atoms with E-state index in [9.17, 15) is 0 Å². The van der Waals surface area contributed by atoms with Crippen LogP contribution in [0.2, 0.25) is 0 Å². The summed E-state index contributed by atoms with van der Waals surface area (Å²) in [6.45, 7) is 9.61. The monoisotopic (exact) mass is 498 g/mol. The lowest BCUT2D eigenvalue weighted by Crippen LogP contribution is -2.19.